The molecule has 8 atom stereocenters. The first-order chi connectivity index (χ1) is 29.3. The predicted octanol–water partition coefficient (Wildman–Crippen LogP) is 6.07. The van der Waals surface area contributed by atoms with Gasteiger partial charge in [0, 0.05) is 44.2 Å². The number of likely N-dealkylation sites (tertiary alicyclic amines) is 2. The molecule has 3 aromatic carbocycles. The molecular formula is C45H54N8O8. The van der Waals surface area contributed by atoms with Gasteiger partial charge in [-0.05, 0) is 99.7 Å². The SMILES string of the molecule is COC(=O)N[C@H](C(=O)N1[C@@H](C)CC[C@H]1c1ncc(-c2ccc3c(c2)COc2cc4c(ccc5nc([C@@H]6CC[C@H](C)N6C(=O)[C@@H](NC(C)=O)[C@@H](C)OC)[nH]c54)cc2-3)[nH]1)[C@@H](C)OC. The Bertz CT molecular complexity index is 2500. The van der Waals surface area contributed by atoms with Gasteiger partial charge in [-0.25, -0.2) is 14.8 Å². The Labute approximate surface area is 354 Å². The van der Waals surface area contributed by atoms with Crippen LogP contribution < -0.4 is 15.4 Å². The molecule has 322 valence electrons. The molecule has 8 rings (SSSR count). The number of hydrogen-bond acceptors (Lipinski definition) is 10. The van der Waals surface area contributed by atoms with Crippen LogP contribution in [0.1, 0.15) is 89.6 Å². The zero-order valence-electron chi connectivity index (χ0n) is 35.8. The molecule has 4 amide bonds. The predicted molar refractivity (Wildman–Crippen MR) is 227 cm³/mol. The Morgan fingerprint density at radius 3 is 2.10 bits per heavy atom. The molecule has 0 bridgehead atoms. The van der Waals surface area contributed by atoms with E-state index in [0.717, 1.165) is 74.8 Å². The number of aromatic amines is 2. The first-order valence-electron chi connectivity index (χ1n) is 20.9. The fourth-order valence-corrected chi connectivity index (χ4v) is 9.30. The smallest absolute Gasteiger partial charge is 0.407 e. The van der Waals surface area contributed by atoms with Crippen LogP contribution >= 0.6 is 0 Å². The Balaban J connectivity index is 1.05. The fraction of sp³-hybridized carbons (Fsp3) is 0.467. The number of ether oxygens (including phenoxy) is 4. The summed E-state index contributed by atoms with van der Waals surface area (Å²) in [5.41, 5.74) is 6.50. The maximum absolute atomic E-state index is 14.0. The van der Waals surface area contributed by atoms with Crippen LogP contribution in [0.15, 0.2) is 48.7 Å². The molecule has 4 N–H and O–H groups in total. The van der Waals surface area contributed by atoms with Crippen molar-refractivity contribution in [3.05, 3.63) is 65.9 Å². The highest BCUT2D eigenvalue weighted by Crippen LogP contribution is 2.44. The summed E-state index contributed by atoms with van der Waals surface area (Å²) in [5, 5.41) is 7.43. The van der Waals surface area contributed by atoms with Crippen molar-refractivity contribution < 1.29 is 38.1 Å². The molecule has 2 saturated heterocycles. The van der Waals surface area contributed by atoms with E-state index in [9.17, 15) is 19.2 Å². The van der Waals surface area contributed by atoms with E-state index in [4.69, 9.17) is 28.9 Å². The van der Waals surface area contributed by atoms with Crippen LogP contribution in [-0.2, 0) is 35.2 Å². The highest BCUT2D eigenvalue weighted by molar-refractivity contribution is 6.07. The average Bonchev–Trinajstić information content (AvgIpc) is 4.08. The van der Waals surface area contributed by atoms with Gasteiger partial charge in [0.05, 0.1) is 54.3 Å². The summed E-state index contributed by atoms with van der Waals surface area (Å²) in [5.74, 6) is 1.39. The van der Waals surface area contributed by atoms with E-state index in [0.29, 0.717) is 24.7 Å². The molecule has 16 nitrogen and oxygen atoms in total. The molecule has 5 aromatic rings. The summed E-state index contributed by atoms with van der Waals surface area (Å²) in [4.78, 5) is 72.6. The summed E-state index contributed by atoms with van der Waals surface area (Å²) < 4.78 is 22.2. The lowest BCUT2D eigenvalue weighted by atomic mass is 9.92. The summed E-state index contributed by atoms with van der Waals surface area (Å²) in [6.07, 6.45) is 3.04. The van der Waals surface area contributed by atoms with Gasteiger partial charge >= 0.3 is 6.09 Å². The molecular weight excluding hydrogens is 781 g/mol. The van der Waals surface area contributed by atoms with Crippen LogP contribution in [0.4, 0.5) is 4.79 Å². The number of rotatable bonds is 11. The van der Waals surface area contributed by atoms with Crippen LogP contribution in [0.25, 0.3) is 44.2 Å². The maximum atomic E-state index is 14.0. The van der Waals surface area contributed by atoms with Crippen LogP contribution in [-0.4, -0.2) is 111 Å². The molecule has 0 unspecified atom stereocenters. The lowest BCUT2D eigenvalue weighted by molar-refractivity contribution is -0.142. The van der Waals surface area contributed by atoms with Gasteiger partial charge in [0.15, 0.2) is 0 Å². The van der Waals surface area contributed by atoms with Gasteiger partial charge in [0.25, 0.3) is 0 Å². The summed E-state index contributed by atoms with van der Waals surface area (Å²) in [7, 11) is 4.29. The zero-order chi connectivity index (χ0) is 43.3. The second-order valence-corrected chi connectivity index (χ2v) is 16.5. The van der Waals surface area contributed by atoms with Crippen molar-refractivity contribution in [3.8, 4) is 28.1 Å². The minimum absolute atomic E-state index is 0.0437. The van der Waals surface area contributed by atoms with Gasteiger partial charge in [-0.15, -0.1) is 0 Å². The van der Waals surface area contributed by atoms with Crippen LogP contribution in [0.2, 0.25) is 0 Å². The van der Waals surface area contributed by atoms with Crippen molar-refractivity contribution in [2.45, 2.75) is 115 Å². The Morgan fingerprint density at radius 1 is 0.803 bits per heavy atom. The number of benzene rings is 3. The minimum Gasteiger partial charge on any atom is -0.488 e. The number of carbonyl (C=O) groups is 4. The van der Waals surface area contributed by atoms with E-state index in [1.165, 1.54) is 28.3 Å². The van der Waals surface area contributed by atoms with Gasteiger partial charge in [-0.1, -0.05) is 18.2 Å². The Morgan fingerprint density at radius 2 is 1.46 bits per heavy atom. The molecule has 3 aliphatic rings. The summed E-state index contributed by atoms with van der Waals surface area (Å²) in [6, 6.07) is 12.1. The molecule has 16 heteroatoms. The van der Waals surface area contributed by atoms with E-state index >= 15 is 0 Å². The van der Waals surface area contributed by atoms with Gasteiger partial charge in [-0.2, -0.15) is 0 Å². The third-order valence-electron chi connectivity index (χ3n) is 12.8. The van der Waals surface area contributed by atoms with E-state index in [-0.39, 0.29) is 41.9 Å². The standard InChI is InChI=1S/C45H54N8O8/c1-22-9-15-35(52(22)44(56)39(25(4)59-7)51-45(57)60-8)41-46-20-34(49-41)28-11-13-30-29(17-28)21-61-37-19-31-27(18-32(30)37)12-14-33-40(31)50-42(48-33)36-16-10-23(2)53(36)43(55)38(24(3)58-6)47-26(5)54/h11-14,17-20,22-25,35-36,38-39H,9-10,15-16,21H2,1-8H3,(H,46,49)(H,47,54)(H,48,50)(H,51,57)/t22-,23-,24+,25+,35-,36-,38-,39-/m0/s1. The van der Waals surface area contributed by atoms with Crippen LogP contribution in [0.5, 0.6) is 5.75 Å². The van der Waals surface area contributed by atoms with E-state index in [2.05, 4.69) is 57.0 Å². The van der Waals surface area contributed by atoms with Crippen LogP contribution in [0, 0.1) is 0 Å². The number of nitrogens with zero attached hydrogens (tertiary/aromatic N) is 4. The van der Waals surface area contributed by atoms with Gasteiger partial charge in [-0.3, -0.25) is 14.4 Å². The summed E-state index contributed by atoms with van der Waals surface area (Å²) in [6.45, 7) is 9.32. The van der Waals surface area contributed by atoms with Gasteiger partial charge < -0.3 is 49.3 Å². The Hall–Kier alpha value is -6.00. The molecule has 2 fully saturated rings. The van der Waals surface area contributed by atoms with E-state index in [1.807, 2.05) is 24.8 Å². The van der Waals surface area contributed by atoms with Gasteiger partial charge in [0.2, 0.25) is 17.7 Å². The monoisotopic (exact) mass is 834 g/mol. The number of carbonyl (C=O) groups excluding carboxylic acids is 4. The minimum atomic E-state index is -0.927. The van der Waals surface area contributed by atoms with Crippen molar-refractivity contribution in [3.63, 3.8) is 0 Å². The number of H-pyrrole nitrogens is 2. The van der Waals surface area contributed by atoms with Crippen molar-refractivity contribution >= 4 is 45.6 Å². The first kappa shape index (κ1) is 41.7. The quantitative estimate of drug-likeness (QED) is 0.121. The van der Waals surface area contributed by atoms with Crippen molar-refractivity contribution in [2.75, 3.05) is 21.3 Å². The fourth-order valence-electron chi connectivity index (χ4n) is 9.30. The summed E-state index contributed by atoms with van der Waals surface area (Å²) >= 11 is 0. The second-order valence-electron chi connectivity index (χ2n) is 16.5. The molecule has 0 radical (unpaired) electrons. The maximum Gasteiger partial charge on any atom is 0.407 e. The number of alkyl carbamates (subject to hydrolysis) is 1. The molecule has 0 spiro atoms. The number of amides is 4. The number of methoxy groups -OCH3 is 3. The number of nitrogens with one attached hydrogen (secondary N) is 4. The third-order valence-corrected chi connectivity index (χ3v) is 12.8. The molecule has 0 saturated carbocycles. The van der Waals surface area contributed by atoms with Crippen molar-refractivity contribution in [2.24, 2.45) is 0 Å². The molecule has 0 aliphatic carbocycles. The highest BCUT2D eigenvalue weighted by atomic mass is 16.5. The number of fused-ring (bicyclic) bond motifs is 6. The zero-order valence-corrected chi connectivity index (χ0v) is 35.8. The number of aromatic nitrogens is 4. The normalized spacial score (nSPS) is 21.6. The highest BCUT2D eigenvalue weighted by Gasteiger charge is 2.43. The van der Waals surface area contributed by atoms with E-state index in [1.54, 1.807) is 24.9 Å². The first-order valence-corrected chi connectivity index (χ1v) is 20.9. The largest absolute Gasteiger partial charge is 0.488 e. The molecule has 5 heterocycles. The second kappa shape index (κ2) is 16.8. The average molecular weight is 835 g/mol. The molecule has 3 aliphatic heterocycles. The van der Waals surface area contributed by atoms with E-state index < -0.39 is 30.4 Å². The Kier molecular flexibility index (Phi) is 11.5. The third kappa shape index (κ3) is 7.67. The van der Waals surface area contributed by atoms with Crippen molar-refractivity contribution in [1.29, 1.82) is 0 Å². The van der Waals surface area contributed by atoms with Crippen LogP contribution in [0.3, 0.4) is 0 Å². The number of imidazole rings is 2. The lowest BCUT2D eigenvalue weighted by Gasteiger charge is -2.33. The van der Waals surface area contributed by atoms with Crippen molar-refractivity contribution in [1.82, 2.24) is 40.4 Å². The number of hydrogen-bond donors (Lipinski definition) is 4. The van der Waals surface area contributed by atoms with Gasteiger partial charge in [0.1, 0.15) is 36.1 Å². The molecule has 2 aromatic heterocycles. The lowest BCUT2D eigenvalue weighted by Crippen LogP contribution is -2.55. The topological polar surface area (TPSA) is 193 Å². The molecule has 61 heavy (non-hydrogen) atoms.